The van der Waals surface area contributed by atoms with E-state index in [0.29, 0.717) is 6.54 Å². The van der Waals surface area contributed by atoms with E-state index in [1.807, 2.05) is 29.2 Å². The fourth-order valence-corrected chi connectivity index (χ4v) is 5.00. The summed E-state index contributed by atoms with van der Waals surface area (Å²) >= 11 is 1.57. The quantitative estimate of drug-likeness (QED) is 0.633. The fourth-order valence-electron chi connectivity index (χ4n) is 4.03. The van der Waals surface area contributed by atoms with Gasteiger partial charge in [0.1, 0.15) is 5.75 Å². The lowest BCUT2D eigenvalue weighted by atomic mass is 9.90. The Morgan fingerprint density at radius 1 is 1.13 bits per heavy atom. The maximum Gasteiger partial charge on any atom is 0.260 e. The lowest BCUT2D eigenvalue weighted by molar-refractivity contribution is -0.858. The van der Waals surface area contributed by atoms with Crippen molar-refractivity contribution >= 4 is 32.6 Å². The number of benzene rings is 2. The van der Waals surface area contributed by atoms with Crippen molar-refractivity contribution in [2.45, 2.75) is 32.1 Å². The summed E-state index contributed by atoms with van der Waals surface area (Å²) in [6, 6.07) is 12.1. The Morgan fingerprint density at radius 2 is 1.93 bits per heavy atom. The van der Waals surface area contributed by atoms with Crippen LogP contribution in [0.15, 0.2) is 36.4 Å². The van der Waals surface area contributed by atoms with Crippen molar-refractivity contribution in [2.75, 3.05) is 39.2 Å². The number of aryl methyl sites for hydroxylation is 2. The molecular weight excluding hydrogens is 394 g/mol. The molecule has 0 bridgehead atoms. The number of hydrogen-bond donors (Lipinski definition) is 1. The molecule has 158 valence electrons. The zero-order valence-electron chi connectivity index (χ0n) is 18.0. The average Bonchev–Trinajstić information content (AvgIpc) is 3.18. The molecule has 6 heteroatoms. The van der Waals surface area contributed by atoms with Crippen LogP contribution in [-0.4, -0.2) is 45.2 Å². The van der Waals surface area contributed by atoms with Gasteiger partial charge in [0, 0.05) is 24.6 Å². The summed E-state index contributed by atoms with van der Waals surface area (Å²) in [4.78, 5) is 21.6. The first kappa shape index (κ1) is 20.8. The Bertz CT molecular complexity index is 1040. The number of aromatic nitrogens is 1. The number of fused-ring (bicyclic) bond motifs is 2. The summed E-state index contributed by atoms with van der Waals surface area (Å²) in [5.74, 6) is 0.825. The van der Waals surface area contributed by atoms with Crippen LogP contribution < -0.4 is 14.5 Å². The Labute approximate surface area is 182 Å². The summed E-state index contributed by atoms with van der Waals surface area (Å²) in [5, 5.41) is 0.759. The van der Waals surface area contributed by atoms with Gasteiger partial charge in [-0.25, -0.2) is 4.98 Å². The molecule has 0 unspecified atom stereocenters. The molecule has 0 aliphatic heterocycles. The first-order valence-corrected chi connectivity index (χ1v) is 11.5. The van der Waals surface area contributed by atoms with E-state index in [9.17, 15) is 4.79 Å². The van der Waals surface area contributed by atoms with Gasteiger partial charge in [0.25, 0.3) is 5.91 Å². The molecule has 1 aromatic heterocycles. The van der Waals surface area contributed by atoms with Gasteiger partial charge in [-0.05, 0) is 61.1 Å². The number of methoxy groups -OCH3 is 1. The summed E-state index contributed by atoms with van der Waals surface area (Å²) in [5.41, 5.74) is 4.37. The van der Waals surface area contributed by atoms with Crippen molar-refractivity contribution in [1.29, 1.82) is 0 Å². The van der Waals surface area contributed by atoms with Crippen LogP contribution in [0.25, 0.3) is 10.2 Å². The fraction of sp³-hybridized carbons (Fsp3) is 0.417. The molecule has 0 spiro atoms. The lowest BCUT2D eigenvalue weighted by Crippen LogP contribution is -3.05. The third-order valence-corrected chi connectivity index (χ3v) is 6.77. The normalized spacial score (nSPS) is 13.5. The molecule has 1 heterocycles. The van der Waals surface area contributed by atoms with Crippen molar-refractivity contribution in [3.05, 3.63) is 53.1 Å². The molecule has 30 heavy (non-hydrogen) atoms. The number of amides is 1. The number of quaternary nitrogens is 1. The predicted octanol–water partition coefficient (Wildman–Crippen LogP) is 3.37. The minimum absolute atomic E-state index is 0.0446. The lowest BCUT2D eigenvalue weighted by Gasteiger charge is -2.22. The Morgan fingerprint density at radius 3 is 2.70 bits per heavy atom. The van der Waals surface area contributed by atoms with Crippen LogP contribution in [0, 0.1) is 0 Å². The summed E-state index contributed by atoms with van der Waals surface area (Å²) < 4.78 is 6.40. The van der Waals surface area contributed by atoms with Gasteiger partial charge in [-0.15, -0.1) is 0 Å². The maximum absolute atomic E-state index is 13.6. The second-order valence-corrected chi connectivity index (χ2v) is 9.30. The molecule has 0 saturated heterocycles. The van der Waals surface area contributed by atoms with E-state index in [1.165, 1.54) is 28.9 Å². The number of nitrogens with one attached hydrogen (secondary N) is 1. The van der Waals surface area contributed by atoms with Crippen LogP contribution in [0.1, 0.15) is 40.7 Å². The first-order valence-electron chi connectivity index (χ1n) is 10.7. The van der Waals surface area contributed by atoms with Crippen molar-refractivity contribution in [3.8, 4) is 5.75 Å². The second-order valence-electron chi connectivity index (χ2n) is 8.29. The van der Waals surface area contributed by atoms with Crippen molar-refractivity contribution < 1.29 is 14.4 Å². The second kappa shape index (κ2) is 9.14. The number of rotatable bonds is 7. The van der Waals surface area contributed by atoms with E-state index < -0.39 is 0 Å². The van der Waals surface area contributed by atoms with Gasteiger partial charge in [0.2, 0.25) is 0 Å². The molecule has 1 aliphatic rings. The smallest absolute Gasteiger partial charge is 0.260 e. The number of carbonyl (C=O) groups is 1. The number of thiazole rings is 1. The molecule has 3 aromatic rings. The van der Waals surface area contributed by atoms with Gasteiger partial charge in [0.05, 0.1) is 38.0 Å². The van der Waals surface area contributed by atoms with Gasteiger partial charge in [-0.1, -0.05) is 17.4 Å². The van der Waals surface area contributed by atoms with Gasteiger partial charge >= 0.3 is 0 Å². The summed E-state index contributed by atoms with van der Waals surface area (Å²) in [7, 11) is 5.93. The Balaban J connectivity index is 1.66. The minimum atomic E-state index is 0.0446. The van der Waals surface area contributed by atoms with Gasteiger partial charge < -0.3 is 9.64 Å². The maximum atomic E-state index is 13.6. The monoisotopic (exact) mass is 424 g/mol. The largest absolute Gasteiger partial charge is 0.497 e. The molecule has 0 saturated carbocycles. The van der Waals surface area contributed by atoms with Crippen LogP contribution in [0.2, 0.25) is 0 Å². The standard InChI is InChI=1S/C24H29N3O2S/c1-26(2)13-6-14-27(24-25-21-16-20(29-3)11-12-22(21)30-24)23(28)19-10-9-17-7-4-5-8-18(17)15-19/h9-12,15-16H,4-8,13-14H2,1-3H3/p+1. The zero-order chi connectivity index (χ0) is 21.1. The van der Waals surface area contributed by atoms with Crippen LogP contribution in [-0.2, 0) is 12.8 Å². The predicted molar refractivity (Wildman–Crippen MR) is 123 cm³/mol. The third kappa shape index (κ3) is 4.50. The van der Waals surface area contributed by atoms with Gasteiger partial charge in [0.15, 0.2) is 5.13 Å². The highest BCUT2D eigenvalue weighted by atomic mass is 32.1. The molecule has 2 aromatic carbocycles. The van der Waals surface area contributed by atoms with E-state index in [1.54, 1.807) is 18.4 Å². The Hall–Kier alpha value is -2.44. The number of nitrogens with zero attached hydrogens (tertiary/aromatic N) is 2. The van der Waals surface area contributed by atoms with Crippen molar-refractivity contribution in [1.82, 2.24) is 4.98 Å². The highest BCUT2D eigenvalue weighted by Crippen LogP contribution is 2.32. The highest BCUT2D eigenvalue weighted by Gasteiger charge is 2.23. The molecule has 0 radical (unpaired) electrons. The third-order valence-electron chi connectivity index (χ3n) is 5.71. The van der Waals surface area contributed by atoms with Crippen LogP contribution >= 0.6 is 11.3 Å². The highest BCUT2D eigenvalue weighted by molar-refractivity contribution is 7.22. The first-order chi connectivity index (χ1) is 14.5. The van der Waals surface area contributed by atoms with E-state index in [2.05, 4.69) is 26.2 Å². The molecule has 1 N–H and O–H groups in total. The molecule has 5 nitrogen and oxygen atoms in total. The van der Waals surface area contributed by atoms with Gasteiger partial charge in [-0.2, -0.15) is 0 Å². The number of hydrogen-bond acceptors (Lipinski definition) is 4. The number of carbonyl (C=O) groups excluding carboxylic acids is 1. The minimum Gasteiger partial charge on any atom is -0.497 e. The van der Waals surface area contributed by atoms with Crippen LogP contribution in [0.3, 0.4) is 0 Å². The Kier molecular flexibility index (Phi) is 6.35. The molecule has 1 amide bonds. The number of anilines is 1. The van der Waals surface area contributed by atoms with Crippen LogP contribution in [0.5, 0.6) is 5.75 Å². The summed E-state index contributed by atoms with van der Waals surface area (Å²) in [6.07, 6.45) is 5.58. The topological polar surface area (TPSA) is 46.9 Å². The van der Waals surface area contributed by atoms with E-state index in [0.717, 1.165) is 52.5 Å². The molecule has 0 fully saturated rings. The zero-order valence-corrected chi connectivity index (χ0v) is 18.8. The molecular formula is C24H30N3O2S+. The average molecular weight is 425 g/mol. The van der Waals surface area contributed by atoms with E-state index in [-0.39, 0.29) is 5.91 Å². The molecule has 0 atom stereocenters. The number of ether oxygens (including phenoxy) is 1. The van der Waals surface area contributed by atoms with Crippen LogP contribution in [0.4, 0.5) is 5.13 Å². The van der Waals surface area contributed by atoms with E-state index >= 15 is 0 Å². The van der Waals surface area contributed by atoms with Gasteiger partial charge in [-0.3, -0.25) is 9.69 Å². The van der Waals surface area contributed by atoms with Crippen molar-refractivity contribution in [2.24, 2.45) is 0 Å². The molecule has 1 aliphatic carbocycles. The van der Waals surface area contributed by atoms with Crippen molar-refractivity contribution in [3.63, 3.8) is 0 Å². The molecule has 4 rings (SSSR count). The SMILES string of the molecule is COc1ccc2sc(N(CCC[NH+](C)C)C(=O)c3ccc4c(c3)CCCC4)nc2c1. The van der Waals surface area contributed by atoms with E-state index in [4.69, 9.17) is 9.72 Å². The summed E-state index contributed by atoms with van der Waals surface area (Å²) in [6.45, 7) is 1.67.